The standard InChI is InChI=1S/C19H19Cl2N3O2/c1-11-17(22-25)12(2)19(14-8-4-6-10-16(14)21)24(23-26)18(11)13-7-3-5-9-15(13)20/h3-12,18-19,25H,1-2H3/t11-,12+,18-,19+. The fraction of sp³-hybridized carbons (Fsp3) is 0.316. The highest BCUT2D eigenvalue weighted by atomic mass is 35.5. The quantitative estimate of drug-likeness (QED) is 0.403. The first kappa shape index (κ1) is 18.7. The van der Waals surface area contributed by atoms with Crippen LogP contribution in [0.4, 0.5) is 0 Å². The third-order valence-electron chi connectivity index (χ3n) is 5.11. The third-order valence-corrected chi connectivity index (χ3v) is 5.80. The highest BCUT2D eigenvalue weighted by Gasteiger charge is 2.47. The highest BCUT2D eigenvalue weighted by molar-refractivity contribution is 6.31. The van der Waals surface area contributed by atoms with Crippen molar-refractivity contribution in [3.63, 3.8) is 0 Å². The lowest BCUT2D eigenvalue weighted by atomic mass is 9.75. The molecular formula is C19H19Cl2N3O2. The molecule has 0 unspecified atom stereocenters. The van der Waals surface area contributed by atoms with Gasteiger partial charge in [0.25, 0.3) is 0 Å². The van der Waals surface area contributed by atoms with Crippen molar-refractivity contribution in [2.75, 3.05) is 0 Å². The first-order chi connectivity index (χ1) is 12.5. The normalized spacial score (nSPS) is 27.5. The summed E-state index contributed by atoms with van der Waals surface area (Å²) in [7, 11) is 0. The monoisotopic (exact) mass is 391 g/mol. The van der Waals surface area contributed by atoms with Gasteiger partial charge < -0.3 is 5.21 Å². The smallest absolute Gasteiger partial charge is 0.0852 e. The fourth-order valence-corrected chi connectivity index (χ4v) is 4.40. The van der Waals surface area contributed by atoms with Gasteiger partial charge in [0, 0.05) is 21.9 Å². The second-order valence-corrected chi connectivity index (χ2v) is 7.31. The number of oxime groups is 1. The lowest BCUT2D eigenvalue weighted by Gasteiger charge is -2.46. The average Bonchev–Trinajstić information content (AvgIpc) is 2.63. The summed E-state index contributed by atoms with van der Waals surface area (Å²) in [6, 6.07) is 13.7. The number of hydrogen-bond donors (Lipinski definition) is 1. The topological polar surface area (TPSA) is 65.3 Å². The predicted molar refractivity (Wildman–Crippen MR) is 104 cm³/mol. The maximum absolute atomic E-state index is 11.9. The molecule has 0 saturated carbocycles. The van der Waals surface area contributed by atoms with Crippen molar-refractivity contribution in [1.29, 1.82) is 0 Å². The van der Waals surface area contributed by atoms with Gasteiger partial charge in [-0.2, -0.15) is 0 Å². The van der Waals surface area contributed by atoms with E-state index in [1.165, 1.54) is 5.01 Å². The van der Waals surface area contributed by atoms with Crippen LogP contribution in [0.1, 0.15) is 37.1 Å². The number of rotatable bonds is 3. The summed E-state index contributed by atoms with van der Waals surface area (Å²) in [6.45, 7) is 3.81. The van der Waals surface area contributed by atoms with Crippen LogP contribution in [0.2, 0.25) is 10.0 Å². The third kappa shape index (κ3) is 3.06. The van der Waals surface area contributed by atoms with Crippen LogP contribution in [-0.4, -0.2) is 15.9 Å². The lowest BCUT2D eigenvalue weighted by molar-refractivity contribution is 0.0693. The van der Waals surface area contributed by atoms with Crippen LogP contribution in [0.3, 0.4) is 0 Å². The van der Waals surface area contributed by atoms with E-state index in [2.05, 4.69) is 10.4 Å². The van der Waals surface area contributed by atoms with Crippen LogP contribution in [0.25, 0.3) is 0 Å². The van der Waals surface area contributed by atoms with E-state index >= 15 is 0 Å². The van der Waals surface area contributed by atoms with Crippen molar-refractivity contribution in [3.05, 3.63) is 74.6 Å². The van der Waals surface area contributed by atoms with Crippen molar-refractivity contribution in [2.45, 2.75) is 25.9 Å². The summed E-state index contributed by atoms with van der Waals surface area (Å²) >= 11 is 12.8. The zero-order valence-corrected chi connectivity index (χ0v) is 15.9. The molecule has 0 bridgehead atoms. The Hall–Kier alpha value is -2.11. The van der Waals surface area contributed by atoms with Gasteiger partial charge in [-0.25, -0.2) is 5.01 Å². The summed E-state index contributed by atoms with van der Waals surface area (Å²) in [5, 5.41) is 19.1. The summed E-state index contributed by atoms with van der Waals surface area (Å²) < 4.78 is 0. The number of hydrogen-bond acceptors (Lipinski definition) is 4. The fourth-order valence-electron chi connectivity index (χ4n) is 3.91. The molecule has 0 spiro atoms. The summed E-state index contributed by atoms with van der Waals surface area (Å²) in [5.41, 5.74) is 2.09. The summed E-state index contributed by atoms with van der Waals surface area (Å²) in [4.78, 5) is 11.9. The largest absolute Gasteiger partial charge is 0.411 e. The number of nitrogens with zero attached hydrogens (tertiary/aromatic N) is 3. The first-order valence-corrected chi connectivity index (χ1v) is 9.09. The van der Waals surface area contributed by atoms with Crippen molar-refractivity contribution in [2.24, 2.45) is 22.3 Å². The molecule has 1 aliphatic rings. The van der Waals surface area contributed by atoms with Crippen LogP contribution < -0.4 is 0 Å². The summed E-state index contributed by atoms with van der Waals surface area (Å²) in [5.74, 6) is -0.516. The van der Waals surface area contributed by atoms with Gasteiger partial charge in [-0.1, -0.05) is 78.6 Å². The molecule has 2 aromatic carbocycles. The Balaban J connectivity index is 2.20. The predicted octanol–water partition coefficient (Wildman–Crippen LogP) is 5.88. The van der Waals surface area contributed by atoms with Crippen LogP contribution in [0.5, 0.6) is 0 Å². The molecule has 0 radical (unpaired) electrons. The molecule has 1 saturated heterocycles. The number of piperidine rings is 1. The number of nitroso groups, excluding NO2 is 1. The van der Waals surface area contributed by atoms with Gasteiger partial charge in [0.05, 0.1) is 23.1 Å². The van der Waals surface area contributed by atoms with E-state index in [-0.39, 0.29) is 11.8 Å². The van der Waals surface area contributed by atoms with E-state index in [1.807, 2.05) is 50.2 Å². The molecule has 1 N–H and O–H groups in total. The second kappa shape index (κ2) is 7.64. The minimum Gasteiger partial charge on any atom is -0.411 e. The van der Waals surface area contributed by atoms with Gasteiger partial charge in [0.2, 0.25) is 0 Å². The zero-order valence-electron chi connectivity index (χ0n) is 14.4. The van der Waals surface area contributed by atoms with E-state index in [0.29, 0.717) is 15.8 Å². The van der Waals surface area contributed by atoms with E-state index < -0.39 is 12.1 Å². The zero-order chi connectivity index (χ0) is 18.8. The Morgan fingerprint density at radius 1 is 0.885 bits per heavy atom. The average molecular weight is 392 g/mol. The summed E-state index contributed by atoms with van der Waals surface area (Å²) in [6.07, 6.45) is 0. The second-order valence-electron chi connectivity index (χ2n) is 6.50. The Labute approximate surface area is 162 Å². The minimum absolute atomic E-state index is 0.258. The molecule has 7 heteroatoms. The van der Waals surface area contributed by atoms with E-state index in [1.54, 1.807) is 12.1 Å². The lowest BCUT2D eigenvalue weighted by Crippen LogP contribution is -2.47. The molecule has 26 heavy (non-hydrogen) atoms. The molecule has 1 heterocycles. The molecule has 3 rings (SSSR count). The van der Waals surface area contributed by atoms with Gasteiger partial charge in [0.15, 0.2) is 0 Å². The molecule has 5 nitrogen and oxygen atoms in total. The van der Waals surface area contributed by atoms with Crippen LogP contribution >= 0.6 is 23.2 Å². The Morgan fingerprint density at radius 3 is 1.65 bits per heavy atom. The molecule has 0 amide bonds. The van der Waals surface area contributed by atoms with Crippen molar-refractivity contribution in [1.82, 2.24) is 5.01 Å². The van der Waals surface area contributed by atoms with E-state index in [9.17, 15) is 10.1 Å². The van der Waals surface area contributed by atoms with Crippen LogP contribution in [0.15, 0.2) is 59.0 Å². The number of benzene rings is 2. The Morgan fingerprint density at radius 2 is 1.31 bits per heavy atom. The molecule has 1 fully saturated rings. The SMILES string of the molecule is C[C@@H]1C(=NO)[C@H](C)[C@@H](c2ccccc2Cl)N(N=O)[C@H]1c1ccccc1Cl. The molecular weight excluding hydrogens is 373 g/mol. The molecule has 0 aromatic heterocycles. The number of halogens is 2. The van der Waals surface area contributed by atoms with E-state index in [0.717, 1.165) is 11.1 Å². The van der Waals surface area contributed by atoms with Gasteiger partial charge in [-0.15, -0.1) is 4.91 Å². The first-order valence-electron chi connectivity index (χ1n) is 8.33. The van der Waals surface area contributed by atoms with E-state index in [4.69, 9.17) is 23.2 Å². The van der Waals surface area contributed by atoms with Crippen LogP contribution in [0, 0.1) is 16.7 Å². The maximum Gasteiger partial charge on any atom is 0.0852 e. The van der Waals surface area contributed by atoms with Gasteiger partial charge in [0.1, 0.15) is 0 Å². The maximum atomic E-state index is 11.9. The molecule has 0 aliphatic carbocycles. The Bertz CT molecular complexity index is 782. The van der Waals surface area contributed by atoms with Gasteiger partial charge in [-0.05, 0) is 23.3 Å². The molecule has 1 aliphatic heterocycles. The molecule has 4 atom stereocenters. The van der Waals surface area contributed by atoms with Crippen LogP contribution in [-0.2, 0) is 0 Å². The minimum atomic E-state index is -0.468. The molecule has 2 aromatic rings. The highest BCUT2D eigenvalue weighted by Crippen LogP contribution is 2.49. The van der Waals surface area contributed by atoms with Gasteiger partial charge in [-0.3, -0.25) is 0 Å². The van der Waals surface area contributed by atoms with Gasteiger partial charge >= 0.3 is 0 Å². The Kier molecular flexibility index (Phi) is 5.49. The van der Waals surface area contributed by atoms with Crippen molar-refractivity contribution >= 4 is 28.9 Å². The van der Waals surface area contributed by atoms with Crippen molar-refractivity contribution < 1.29 is 5.21 Å². The van der Waals surface area contributed by atoms with Crippen molar-refractivity contribution in [3.8, 4) is 0 Å². The molecule has 136 valence electrons.